The highest BCUT2D eigenvalue weighted by atomic mass is 32.2. The van der Waals surface area contributed by atoms with E-state index >= 15 is 0 Å². The molecular weight excluding hydrogens is 385 g/mol. The molecule has 0 atom stereocenters. The summed E-state index contributed by atoms with van der Waals surface area (Å²) in [5, 5.41) is 6.94. The molecule has 1 aromatic carbocycles. The number of aromatic nitrogens is 2. The van der Waals surface area contributed by atoms with Gasteiger partial charge in [0, 0.05) is 31.1 Å². The molecule has 3 aromatic rings. The minimum Gasteiger partial charge on any atom is -0.440 e. The van der Waals surface area contributed by atoms with E-state index < -0.39 is 9.84 Å². The number of H-pyrrole nitrogens is 1. The van der Waals surface area contributed by atoms with Crippen molar-refractivity contribution in [3.63, 3.8) is 0 Å². The summed E-state index contributed by atoms with van der Waals surface area (Å²) in [6, 6.07) is 10.6. The van der Waals surface area contributed by atoms with E-state index in [1.807, 2.05) is 6.07 Å². The predicted molar refractivity (Wildman–Crippen MR) is 101 cm³/mol. The largest absolute Gasteiger partial charge is 0.440 e. The fourth-order valence-corrected chi connectivity index (χ4v) is 3.25. The number of hydrogen-bond acceptors (Lipinski definition) is 5. The number of carbonyl (C=O) groups excluding carboxylic acids is 1. The lowest BCUT2D eigenvalue weighted by atomic mass is 10.1. The van der Waals surface area contributed by atoms with Crippen molar-refractivity contribution in [2.45, 2.75) is 17.9 Å². The summed E-state index contributed by atoms with van der Waals surface area (Å²) >= 11 is 0. The molecule has 0 fully saturated rings. The van der Waals surface area contributed by atoms with Gasteiger partial charge in [0.1, 0.15) is 5.82 Å². The number of furan rings is 1. The number of nitrogens with zero attached hydrogens (tertiary/aromatic N) is 2. The van der Waals surface area contributed by atoms with Gasteiger partial charge in [-0.3, -0.25) is 9.89 Å². The standard InChI is InChI=1S/C19H20FN3O4S/c1-23(19(24)17-9-10-18(27-17)28(2,25)26)11-3-4-15-12-16(22-21-15)13-5-7-14(20)8-6-13/h5-10,12H,3-4,11H2,1-2H3,(H,21,22). The fourth-order valence-electron chi connectivity index (χ4n) is 2.69. The molecule has 7 nitrogen and oxygen atoms in total. The molecule has 3 rings (SSSR count). The molecule has 2 aromatic heterocycles. The van der Waals surface area contributed by atoms with Crippen LogP contribution < -0.4 is 0 Å². The Morgan fingerprint density at radius 1 is 1.21 bits per heavy atom. The number of amides is 1. The topological polar surface area (TPSA) is 96.3 Å². The zero-order valence-electron chi connectivity index (χ0n) is 15.5. The molecule has 0 aliphatic rings. The lowest BCUT2D eigenvalue weighted by Crippen LogP contribution is -2.27. The highest BCUT2D eigenvalue weighted by Gasteiger charge is 2.19. The molecule has 0 aliphatic carbocycles. The van der Waals surface area contributed by atoms with Gasteiger partial charge in [0.15, 0.2) is 5.76 Å². The van der Waals surface area contributed by atoms with Gasteiger partial charge in [0.25, 0.3) is 5.91 Å². The smallest absolute Gasteiger partial charge is 0.289 e. The molecule has 28 heavy (non-hydrogen) atoms. The zero-order valence-corrected chi connectivity index (χ0v) is 16.3. The molecule has 0 unspecified atom stereocenters. The van der Waals surface area contributed by atoms with E-state index in [-0.39, 0.29) is 22.6 Å². The molecule has 1 amide bonds. The first-order valence-corrected chi connectivity index (χ1v) is 10.5. The van der Waals surface area contributed by atoms with Gasteiger partial charge in [-0.05, 0) is 55.3 Å². The first-order valence-electron chi connectivity index (χ1n) is 8.59. The minimum absolute atomic E-state index is 0.0111. The van der Waals surface area contributed by atoms with Crippen LogP contribution >= 0.6 is 0 Å². The third-order valence-electron chi connectivity index (χ3n) is 4.21. The van der Waals surface area contributed by atoms with E-state index in [0.717, 1.165) is 23.2 Å². The maximum atomic E-state index is 13.0. The summed E-state index contributed by atoms with van der Waals surface area (Å²) in [4.78, 5) is 13.8. The van der Waals surface area contributed by atoms with Gasteiger partial charge in [0.2, 0.25) is 14.9 Å². The van der Waals surface area contributed by atoms with Crippen molar-refractivity contribution in [2.24, 2.45) is 0 Å². The second-order valence-electron chi connectivity index (χ2n) is 6.51. The lowest BCUT2D eigenvalue weighted by molar-refractivity contribution is 0.0756. The number of benzene rings is 1. The summed E-state index contributed by atoms with van der Waals surface area (Å²) in [6.45, 7) is 0.457. The molecule has 0 spiro atoms. The fraction of sp³-hybridized carbons (Fsp3) is 0.263. The quantitative estimate of drug-likeness (QED) is 0.652. The van der Waals surface area contributed by atoms with Gasteiger partial charge in [-0.1, -0.05) is 0 Å². The molecular formula is C19H20FN3O4S. The summed E-state index contributed by atoms with van der Waals surface area (Å²) in [5.74, 6) is -0.693. The lowest BCUT2D eigenvalue weighted by Gasteiger charge is -2.15. The Morgan fingerprint density at radius 2 is 1.93 bits per heavy atom. The van der Waals surface area contributed by atoms with E-state index in [2.05, 4.69) is 10.2 Å². The molecule has 148 valence electrons. The van der Waals surface area contributed by atoms with Crippen molar-refractivity contribution in [2.75, 3.05) is 19.8 Å². The molecule has 0 bridgehead atoms. The van der Waals surface area contributed by atoms with E-state index in [1.54, 1.807) is 19.2 Å². The van der Waals surface area contributed by atoms with Crippen LogP contribution in [-0.4, -0.2) is 49.3 Å². The van der Waals surface area contributed by atoms with Crippen LogP contribution in [0.15, 0.2) is 52.0 Å². The van der Waals surface area contributed by atoms with E-state index in [0.29, 0.717) is 19.4 Å². The van der Waals surface area contributed by atoms with Gasteiger partial charge in [0.05, 0.1) is 5.69 Å². The number of aromatic amines is 1. The maximum Gasteiger partial charge on any atom is 0.289 e. The van der Waals surface area contributed by atoms with Gasteiger partial charge in [-0.25, -0.2) is 12.8 Å². The number of carbonyl (C=O) groups is 1. The number of sulfone groups is 1. The highest BCUT2D eigenvalue weighted by Crippen LogP contribution is 2.19. The van der Waals surface area contributed by atoms with Crippen molar-refractivity contribution in [3.8, 4) is 11.3 Å². The number of halogens is 1. The molecule has 9 heteroatoms. The Balaban J connectivity index is 1.54. The van der Waals surface area contributed by atoms with Crippen LogP contribution in [0, 0.1) is 5.82 Å². The van der Waals surface area contributed by atoms with Crippen LogP contribution in [0.1, 0.15) is 22.7 Å². The number of rotatable bonds is 7. The van der Waals surface area contributed by atoms with Crippen LogP contribution in [0.2, 0.25) is 0 Å². The summed E-state index contributed by atoms with van der Waals surface area (Å²) in [6.07, 6.45) is 2.36. The molecule has 2 heterocycles. The first kappa shape index (κ1) is 19.8. The monoisotopic (exact) mass is 405 g/mol. The third kappa shape index (κ3) is 4.66. The van der Waals surface area contributed by atoms with Gasteiger partial charge >= 0.3 is 0 Å². The van der Waals surface area contributed by atoms with Crippen molar-refractivity contribution in [1.29, 1.82) is 0 Å². The Bertz CT molecular complexity index is 1070. The Hall–Kier alpha value is -2.94. The molecule has 0 saturated heterocycles. The van der Waals surface area contributed by atoms with Crippen LogP contribution in [0.25, 0.3) is 11.3 Å². The molecule has 0 aliphatic heterocycles. The normalized spacial score (nSPS) is 11.5. The predicted octanol–water partition coefficient (Wildman–Crippen LogP) is 2.92. The second-order valence-corrected chi connectivity index (χ2v) is 8.45. The highest BCUT2D eigenvalue weighted by molar-refractivity contribution is 7.90. The van der Waals surface area contributed by atoms with Crippen LogP contribution in [0.4, 0.5) is 4.39 Å². The van der Waals surface area contributed by atoms with Crippen molar-refractivity contribution < 1.29 is 22.0 Å². The molecule has 0 radical (unpaired) electrons. The minimum atomic E-state index is -3.49. The summed E-state index contributed by atoms with van der Waals surface area (Å²) in [7, 11) is -1.86. The Labute approximate surface area is 162 Å². The summed E-state index contributed by atoms with van der Waals surface area (Å²) < 4.78 is 41.0. The van der Waals surface area contributed by atoms with Crippen LogP contribution in [0.3, 0.4) is 0 Å². The van der Waals surface area contributed by atoms with Gasteiger partial charge < -0.3 is 9.32 Å². The Kier molecular flexibility index (Phi) is 5.64. The van der Waals surface area contributed by atoms with Crippen LogP contribution in [-0.2, 0) is 16.3 Å². The van der Waals surface area contributed by atoms with Crippen molar-refractivity contribution >= 4 is 15.7 Å². The second kappa shape index (κ2) is 7.97. The molecule has 1 N–H and O–H groups in total. The van der Waals surface area contributed by atoms with Gasteiger partial charge in [-0.2, -0.15) is 5.10 Å². The molecule has 0 saturated carbocycles. The average Bonchev–Trinajstić information content (AvgIpc) is 3.31. The van der Waals surface area contributed by atoms with E-state index in [4.69, 9.17) is 4.42 Å². The van der Waals surface area contributed by atoms with Crippen molar-refractivity contribution in [1.82, 2.24) is 15.1 Å². The number of nitrogens with one attached hydrogen (secondary N) is 1. The number of hydrogen-bond donors (Lipinski definition) is 1. The average molecular weight is 405 g/mol. The third-order valence-corrected chi connectivity index (χ3v) is 5.17. The summed E-state index contributed by atoms with van der Waals surface area (Å²) in [5.41, 5.74) is 2.44. The maximum absolute atomic E-state index is 13.0. The number of aryl methyl sites for hydroxylation is 1. The van der Waals surface area contributed by atoms with Gasteiger partial charge in [-0.15, -0.1) is 0 Å². The Morgan fingerprint density at radius 3 is 2.57 bits per heavy atom. The zero-order chi connectivity index (χ0) is 20.3. The SMILES string of the molecule is CN(CCCc1cc(-c2ccc(F)cc2)n[nH]1)C(=O)c1ccc(S(C)(=O)=O)o1. The van der Waals surface area contributed by atoms with E-state index in [9.17, 15) is 17.6 Å². The van der Waals surface area contributed by atoms with Crippen LogP contribution in [0.5, 0.6) is 0 Å². The first-order chi connectivity index (χ1) is 13.2. The van der Waals surface area contributed by atoms with Crippen molar-refractivity contribution in [3.05, 3.63) is 59.7 Å². The van der Waals surface area contributed by atoms with E-state index in [1.165, 1.54) is 29.2 Å².